The van der Waals surface area contributed by atoms with Gasteiger partial charge in [0.05, 0.1) is 12.2 Å². The highest BCUT2D eigenvalue weighted by Gasteiger charge is 2.26. The summed E-state index contributed by atoms with van der Waals surface area (Å²) >= 11 is 0. The molecule has 0 aliphatic carbocycles. The van der Waals surface area contributed by atoms with Crippen molar-refractivity contribution in [3.8, 4) is 0 Å². The Morgan fingerprint density at radius 3 is 2.57 bits per heavy atom. The number of hydrogen-bond acceptors (Lipinski definition) is 5. The number of nitrogens with zero attached hydrogens (tertiary/aromatic N) is 5. The third-order valence-electron chi connectivity index (χ3n) is 3.78. The molecule has 1 aromatic heterocycles. The minimum Gasteiger partial charge on any atom is -0.444 e. The van der Waals surface area contributed by atoms with E-state index < -0.39 is 5.60 Å². The van der Waals surface area contributed by atoms with Gasteiger partial charge in [-0.25, -0.2) is 9.48 Å². The van der Waals surface area contributed by atoms with Gasteiger partial charge in [-0.1, -0.05) is 17.3 Å². The van der Waals surface area contributed by atoms with Crippen LogP contribution in [0.5, 0.6) is 0 Å². The second kappa shape index (κ2) is 6.16. The Hall–Kier alpha value is -2.15. The van der Waals surface area contributed by atoms with Crippen molar-refractivity contribution < 1.29 is 9.53 Å². The SMILES string of the molecule is CC(C)(C)OC(=O)N1CCN(Cn2nnc3ccccc32)CC1. The van der Waals surface area contributed by atoms with E-state index in [1.165, 1.54) is 0 Å². The van der Waals surface area contributed by atoms with Gasteiger partial charge in [0.15, 0.2) is 0 Å². The Balaban J connectivity index is 1.56. The molecule has 124 valence electrons. The number of amides is 1. The Kier molecular flexibility index (Phi) is 4.21. The van der Waals surface area contributed by atoms with E-state index in [1.807, 2.05) is 49.7 Å². The van der Waals surface area contributed by atoms with Gasteiger partial charge in [0.1, 0.15) is 11.1 Å². The zero-order chi connectivity index (χ0) is 16.4. The van der Waals surface area contributed by atoms with Crippen molar-refractivity contribution in [2.24, 2.45) is 0 Å². The molecule has 0 N–H and O–H groups in total. The van der Waals surface area contributed by atoms with Crippen molar-refractivity contribution in [1.29, 1.82) is 0 Å². The summed E-state index contributed by atoms with van der Waals surface area (Å²) in [5, 5.41) is 8.38. The number of carbonyl (C=O) groups excluding carboxylic acids is 1. The maximum atomic E-state index is 12.1. The molecule has 7 nitrogen and oxygen atoms in total. The van der Waals surface area contributed by atoms with Crippen molar-refractivity contribution in [2.75, 3.05) is 26.2 Å². The lowest BCUT2D eigenvalue weighted by Crippen LogP contribution is -2.50. The van der Waals surface area contributed by atoms with Crippen LogP contribution in [-0.2, 0) is 11.4 Å². The lowest BCUT2D eigenvalue weighted by atomic mass is 10.2. The molecule has 1 aromatic carbocycles. The Morgan fingerprint density at radius 2 is 1.87 bits per heavy atom. The molecule has 1 saturated heterocycles. The van der Waals surface area contributed by atoms with E-state index in [0.717, 1.165) is 24.1 Å². The van der Waals surface area contributed by atoms with Gasteiger partial charge in [-0.15, -0.1) is 5.10 Å². The van der Waals surface area contributed by atoms with Gasteiger partial charge in [0.25, 0.3) is 0 Å². The third-order valence-corrected chi connectivity index (χ3v) is 3.78. The van der Waals surface area contributed by atoms with E-state index in [1.54, 1.807) is 4.90 Å². The summed E-state index contributed by atoms with van der Waals surface area (Å²) in [6, 6.07) is 7.93. The van der Waals surface area contributed by atoms with Crippen LogP contribution in [0.4, 0.5) is 4.79 Å². The molecular formula is C16H23N5O2. The molecule has 3 rings (SSSR count). The van der Waals surface area contributed by atoms with Gasteiger partial charge in [0, 0.05) is 26.2 Å². The predicted molar refractivity (Wildman–Crippen MR) is 86.9 cm³/mol. The topological polar surface area (TPSA) is 63.5 Å². The highest BCUT2D eigenvalue weighted by Crippen LogP contribution is 2.14. The predicted octanol–water partition coefficient (Wildman–Crippen LogP) is 1.94. The smallest absolute Gasteiger partial charge is 0.410 e. The fourth-order valence-electron chi connectivity index (χ4n) is 2.61. The number of rotatable bonds is 2. The number of piperazine rings is 1. The van der Waals surface area contributed by atoms with Gasteiger partial charge in [-0.2, -0.15) is 0 Å². The van der Waals surface area contributed by atoms with E-state index in [2.05, 4.69) is 15.2 Å². The summed E-state index contributed by atoms with van der Waals surface area (Å²) in [5.74, 6) is 0. The summed E-state index contributed by atoms with van der Waals surface area (Å²) in [4.78, 5) is 16.1. The molecule has 0 saturated carbocycles. The second-order valence-electron chi connectivity index (χ2n) is 6.80. The molecule has 1 aliphatic rings. The van der Waals surface area contributed by atoms with Crippen LogP contribution in [0.25, 0.3) is 11.0 Å². The Labute approximate surface area is 135 Å². The summed E-state index contributed by atoms with van der Waals surface area (Å²) < 4.78 is 7.32. The van der Waals surface area contributed by atoms with Crippen LogP contribution in [-0.4, -0.2) is 62.7 Å². The van der Waals surface area contributed by atoms with Gasteiger partial charge >= 0.3 is 6.09 Å². The van der Waals surface area contributed by atoms with E-state index in [4.69, 9.17) is 4.74 Å². The van der Waals surface area contributed by atoms with Crippen molar-refractivity contribution in [2.45, 2.75) is 33.0 Å². The van der Waals surface area contributed by atoms with Crippen LogP contribution in [0.3, 0.4) is 0 Å². The molecule has 0 bridgehead atoms. The quantitative estimate of drug-likeness (QED) is 0.847. The standard InChI is InChI=1S/C16H23N5O2/c1-16(2,3)23-15(22)20-10-8-19(9-11-20)12-21-14-7-5-4-6-13(14)17-18-21/h4-7H,8-12H2,1-3H3. The second-order valence-corrected chi connectivity index (χ2v) is 6.80. The number of benzene rings is 1. The molecule has 1 fully saturated rings. The minimum atomic E-state index is -0.451. The molecule has 2 heterocycles. The molecule has 23 heavy (non-hydrogen) atoms. The Bertz CT molecular complexity index is 683. The number of aromatic nitrogens is 3. The first-order valence-electron chi connectivity index (χ1n) is 7.91. The number of fused-ring (bicyclic) bond motifs is 1. The molecule has 0 unspecified atom stereocenters. The van der Waals surface area contributed by atoms with Crippen LogP contribution < -0.4 is 0 Å². The summed E-state index contributed by atoms with van der Waals surface area (Å²) in [7, 11) is 0. The number of hydrogen-bond donors (Lipinski definition) is 0. The van der Waals surface area contributed by atoms with Crippen molar-refractivity contribution in [3.63, 3.8) is 0 Å². The first kappa shape index (κ1) is 15.7. The Morgan fingerprint density at radius 1 is 1.17 bits per heavy atom. The minimum absolute atomic E-state index is 0.233. The summed E-state index contributed by atoms with van der Waals surface area (Å²) in [6.07, 6.45) is -0.233. The largest absolute Gasteiger partial charge is 0.444 e. The molecule has 0 radical (unpaired) electrons. The number of carbonyl (C=O) groups is 1. The van der Waals surface area contributed by atoms with Crippen molar-refractivity contribution in [3.05, 3.63) is 24.3 Å². The molecule has 0 atom stereocenters. The molecule has 7 heteroatoms. The fraction of sp³-hybridized carbons (Fsp3) is 0.562. The van der Waals surface area contributed by atoms with Crippen LogP contribution in [0.15, 0.2) is 24.3 Å². The average molecular weight is 317 g/mol. The fourth-order valence-corrected chi connectivity index (χ4v) is 2.61. The van der Waals surface area contributed by atoms with Gasteiger partial charge < -0.3 is 9.64 Å². The number of ether oxygens (including phenoxy) is 1. The zero-order valence-electron chi connectivity index (χ0n) is 13.9. The monoisotopic (exact) mass is 317 g/mol. The van der Waals surface area contributed by atoms with Crippen molar-refractivity contribution >= 4 is 17.1 Å². The van der Waals surface area contributed by atoms with Gasteiger partial charge in [-0.05, 0) is 32.9 Å². The molecule has 0 spiro atoms. The zero-order valence-corrected chi connectivity index (χ0v) is 13.9. The van der Waals surface area contributed by atoms with Crippen LogP contribution >= 0.6 is 0 Å². The van der Waals surface area contributed by atoms with E-state index >= 15 is 0 Å². The summed E-state index contributed by atoms with van der Waals surface area (Å²) in [6.45, 7) is 9.28. The lowest BCUT2D eigenvalue weighted by molar-refractivity contribution is 0.0115. The first-order valence-corrected chi connectivity index (χ1v) is 7.91. The first-order chi connectivity index (χ1) is 10.9. The normalized spacial score (nSPS) is 16.7. The van der Waals surface area contributed by atoms with Gasteiger partial charge in [0.2, 0.25) is 0 Å². The van der Waals surface area contributed by atoms with E-state index in [-0.39, 0.29) is 6.09 Å². The van der Waals surface area contributed by atoms with E-state index in [9.17, 15) is 4.79 Å². The molecule has 1 aliphatic heterocycles. The summed E-state index contributed by atoms with van der Waals surface area (Å²) in [5.41, 5.74) is 1.48. The lowest BCUT2D eigenvalue weighted by Gasteiger charge is -2.35. The van der Waals surface area contributed by atoms with Crippen LogP contribution in [0.1, 0.15) is 20.8 Å². The molecule has 1 amide bonds. The van der Waals surface area contributed by atoms with Gasteiger partial charge in [-0.3, -0.25) is 4.90 Å². The van der Waals surface area contributed by atoms with Crippen molar-refractivity contribution in [1.82, 2.24) is 24.8 Å². The highest BCUT2D eigenvalue weighted by atomic mass is 16.6. The average Bonchev–Trinajstić information content (AvgIpc) is 2.90. The third kappa shape index (κ3) is 3.79. The maximum Gasteiger partial charge on any atom is 0.410 e. The highest BCUT2D eigenvalue weighted by molar-refractivity contribution is 5.73. The molecular weight excluding hydrogens is 294 g/mol. The van der Waals surface area contributed by atoms with E-state index in [0.29, 0.717) is 19.8 Å². The molecule has 2 aromatic rings. The maximum absolute atomic E-state index is 12.1. The number of para-hydroxylation sites is 1. The van der Waals surface area contributed by atoms with Crippen LogP contribution in [0, 0.1) is 0 Å². The van der Waals surface area contributed by atoms with Crippen LogP contribution in [0.2, 0.25) is 0 Å².